The average molecular weight is 367 g/mol. The molecule has 21 heavy (non-hydrogen) atoms. The van der Waals surface area contributed by atoms with Crippen LogP contribution in [0.5, 0.6) is 0 Å². The summed E-state index contributed by atoms with van der Waals surface area (Å²) < 4.78 is 39.9. The average Bonchev–Trinajstić information content (AvgIpc) is 2.24. The second-order valence-corrected chi connectivity index (χ2v) is 6.84. The quantitative estimate of drug-likeness (QED) is 0.773. The van der Waals surface area contributed by atoms with Crippen molar-refractivity contribution in [2.75, 3.05) is 26.0 Å². The monoisotopic (exact) mass is 366 g/mol. The maximum Gasteiger partial charge on any atom is 0.418 e. The normalized spacial score (nSPS) is 13.8. The number of hydrogen-bond acceptors (Lipinski definition) is 2. The maximum absolute atomic E-state index is 13.1. The van der Waals surface area contributed by atoms with E-state index in [2.05, 4.69) is 35.1 Å². The van der Waals surface area contributed by atoms with Gasteiger partial charge < -0.3 is 10.2 Å². The van der Waals surface area contributed by atoms with Gasteiger partial charge in [-0.2, -0.15) is 13.2 Å². The fraction of sp³-hybridized carbons (Fsp3) is 0.600. The molecular formula is C15H22BrF3N2. The van der Waals surface area contributed by atoms with Crippen LogP contribution in [0, 0.1) is 5.92 Å². The van der Waals surface area contributed by atoms with E-state index in [9.17, 15) is 13.2 Å². The Labute approximate surface area is 132 Å². The Balaban J connectivity index is 3.04. The number of alkyl halides is 3. The summed E-state index contributed by atoms with van der Waals surface area (Å²) in [4.78, 5) is 1.98. The summed E-state index contributed by atoms with van der Waals surface area (Å²) in [5.41, 5.74) is -0.498. The van der Waals surface area contributed by atoms with Crippen LogP contribution in [0.25, 0.3) is 0 Å². The molecule has 0 aliphatic rings. The summed E-state index contributed by atoms with van der Waals surface area (Å²) in [5.74, 6) is 0.406. The van der Waals surface area contributed by atoms with Crippen LogP contribution < -0.4 is 5.32 Å². The van der Waals surface area contributed by atoms with Gasteiger partial charge in [-0.3, -0.25) is 0 Å². The minimum absolute atomic E-state index is 0.0320. The predicted octanol–water partition coefficient (Wildman–Crippen LogP) is 4.86. The molecule has 1 aromatic rings. The first-order chi connectivity index (χ1) is 9.59. The van der Waals surface area contributed by atoms with E-state index in [1.54, 1.807) is 0 Å². The number of nitrogens with one attached hydrogen (secondary N) is 1. The first kappa shape index (κ1) is 18.3. The maximum atomic E-state index is 13.1. The zero-order valence-electron chi connectivity index (χ0n) is 12.8. The number of likely N-dealkylation sites (N-methyl/N-ethyl adjacent to an activating group) is 1. The lowest BCUT2D eigenvalue weighted by Gasteiger charge is -2.26. The van der Waals surface area contributed by atoms with Crippen molar-refractivity contribution >= 4 is 21.6 Å². The van der Waals surface area contributed by atoms with Crippen molar-refractivity contribution in [2.24, 2.45) is 5.92 Å². The fourth-order valence-corrected chi connectivity index (χ4v) is 2.65. The van der Waals surface area contributed by atoms with Crippen LogP contribution in [0.4, 0.5) is 18.9 Å². The lowest BCUT2D eigenvalue weighted by molar-refractivity contribution is -0.137. The first-order valence-electron chi connectivity index (χ1n) is 6.87. The molecule has 1 N–H and O–H groups in total. The largest absolute Gasteiger partial charge is 0.418 e. The Morgan fingerprint density at radius 3 is 2.33 bits per heavy atom. The van der Waals surface area contributed by atoms with Crippen molar-refractivity contribution in [1.82, 2.24) is 4.90 Å². The molecule has 0 amide bonds. The van der Waals surface area contributed by atoms with Gasteiger partial charge in [0, 0.05) is 22.7 Å². The number of halogens is 4. The van der Waals surface area contributed by atoms with E-state index in [0.29, 0.717) is 16.9 Å². The highest BCUT2D eigenvalue weighted by molar-refractivity contribution is 9.10. The molecule has 1 rings (SSSR count). The highest BCUT2D eigenvalue weighted by Crippen LogP contribution is 2.36. The topological polar surface area (TPSA) is 15.3 Å². The molecule has 0 saturated carbocycles. The van der Waals surface area contributed by atoms with Crippen LogP contribution in [-0.4, -0.2) is 31.6 Å². The van der Waals surface area contributed by atoms with Crippen LogP contribution in [0.15, 0.2) is 22.7 Å². The van der Waals surface area contributed by atoms with E-state index < -0.39 is 11.7 Å². The van der Waals surface area contributed by atoms with Gasteiger partial charge >= 0.3 is 6.18 Å². The molecule has 0 spiro atoms. The van der Waals surface area contributed by atoms with Crippen molar-refractivity contribution in [3.05, 3.63) is 28.2 Å². The smallest absolute Gasteiger partial charge is 0.380 e. The number of anilines is 1. The van der Waals surface area contributed by atoms with Crippen LogP contribution in [0.1, 0.15) is 25.8 Å². The third-order valence-electron chi connectivity index (χ3n) is 2.99. The Morgan fingerprint density at radius 2 is 1.86 bits per heavy atom. The number of rotatable bonds is 6. The molecule has 6 heteroatoms. The Hall–Kier alpha value is -0.750. The van der Waals surface area contributed by atoms with E-state index in [4.69, 9.17) is 0 Å². The molecule has 0 aromatic heterocycles. The minimum atomic E-state index is -4.36. The highest BCUT2D eigenvalue weighted by Gasteiger charge is 2.34. The fourth-order valence-electron chi connectivity index (χ4n) is 2.29. The summed E-state index contributed by atoms with van der Waals surface area (Å²) in [7, 11) is 3.83. The molecule has 1 atom stereocenters. The van der Waals surface area contributed by atoms with Crippen LogP contribution in [0.2, 0.25) is 0 Å². The van der Waals surface area contributed by atoms with E-state index in [-0.39, 0.29) is 11.7 Å². The predicted molar refractivity (Wildman–Crippen MR) is 84.6 cm³/mol. The Bertz CT molecular complexity index is 449. The SMILES string of the molecule is CC(C)CC(CN(C)C)Nc1cc(Br)ccc1C(F)(F)F. The van der Waals surface area contributed by atoms with Crippen LogP contribution in [-0.2, 0) is 6.18 Å². The van der Waals surface area contributed by atoms with Gasteiger partial charge in [0.2, 0.25) is 0 Å². The lowest BCUT2D eigenvalue weighted by atomic mass is 10.0. The minimum Gasteiger partial charge on any atom is -0.380 e. The van der Waals surface area contributed by atoms with Gasteiger partial charge in [0.1, 0.15) is 0 Å². The zero-order valence-corrected chi connectivity index (χ0v) is 14.3. The standard InChI is InChI=1S/C15H22BrF3N2/c1-10(2)7-12(9-21(3)4)20-14-8-11(16)5-6-13(14)15(17,18)19/h5-6,8,10,12,20H,7,9H2,1-4H3. The molecule has 0 heterocycles. The van der Waals surface area contributed by atoms with Crippen molar-refractivity contribution in [3.63, 3.8) is 0 Å². The van der Waals surface area contributed by atoms with Gasteiger partial charge in [-0.25, -0.2) is 0 Å². The Kier molecular flexibility index (Phi) is 6.53. The highest BCUT2D eigenvalue weighted by atomic mass is 79.9. The van der Waals surface area contributed by atoms with Crippen molar-refractivity contribution in [2.45, 2.75) is 32.5 Å². The molecule has 0 saturated heterocycles. The first-order valence-corrected chi connectivity index (χ1v) is 7.67. The third-order valence-corrected chi connectivity index (χ3v) is 3.48. The van der Waals surface area contributed by atoms with Gasteiger partial charge in [-0.15, -0.1) is 0 Å². The van der Waals surface area contributed by atoms with Crippen molar-refractivity contribution < 1.29 is 13.2 Å². The van der Waals surface area contributed by atoms with Gasteiger partial charge in [0.15, 0.2) is 0 Å². The van der Waals surface area contributed by atoms with Crippen molar-refractivity contribution in [3.8, 4) is 0 Å². The molecule has 120 valence electrons. The van der Waals surface area contributed by atoms with E-state index in [1.807, 2.05) is 19.0 Å². The van der Waals surface area contributed by atoms with Crippen molar-refractivity contribution in [1.29, 1.82) is 0 Å². The molecule has 0 aliphatic carbocycles. The summed E-state index contributed by atoms with van der Waals surface area (Å²) >= 11 is 3.24. The number of benzene rings is 1. The second-order valence-electron chi connectivity index (χ2n) is 5.92. The third kappa shape index (κ3) is 6.26. The summed E-state index contributed by atoms with van der Waals surface area (Å²) in [6.07, 6.45) is -3.55. The molecule has 1 aromatic carbocycles. The molecule has 1 unspecified atom stereocenters. The van der Waals surface area contributed by atoms with Gasteiger partial charge in [-0.1, -0.05) is 29.8 Å². The van der Waals surface area contributed by atoms with E-state index >= 15 is 0 Å². The Morgan fingerprint density at radius 1 is 1.24 bits per heavy atom. The summed E-state index contributed by atoms with van der Waals surface area (Å²) in [6, 6.07) is 3.98. The zero-order chi connectivity index (χ0) is 16.2. The van der Waals surface area contributed by atoms with E-state index in [0.717, 1.165) is 12.5 Å². The summed E-state index contributed by atoms with van der Waals surface area (Å²) in [5, 5.41) is 3.07. The second kappa shape index (κ2) is 7.49. The molecule has 2 nitrogen and oxygen atoms in total. The van der Waals surface area contributed by atoms with E-state index in [1.165, 1.54) is 12.1 Å². The number of nitrogens with zero attached hydrogens (tertiary/aromatic N) is 1. The van der Waals surface area contributed by atoms with Gasteiger partial charge in [0.05, 0.1) is 5.56 Å². The number of hydrogen-bond donors (Lipinski definition) is 1. The lowest BCUT2D eigenvalue weighted by Crippen LogP contribution is -2.34. The molecule has 0 fully saturated rings. The molecule has 0 bridgehead atoms. The van der Waals surface area contributed by atoms with Gasteiger partial charge in [-0.05, 0) is 44.6 Å². The van der Waals surface area contributed by atoms with Crippen LogP contribution >= 0.6 is 15.9 Å². The van der Waals surface area contributed by atoms with Gasteiger partial charge in [0.25, 0.3) is 0 Å². The van der Waals surface area contributed by atoms with Crippen LogP contribution in [0.3, 0.4) is 0 Å². The molecule has 0 radical (unpaired) electrons. The molecular weight excluding hydrogens is 345 g/mol. The summed E-state index contributed by atoms with van der Waals surface area (Å²) in [6.45, 7) is 4.81. The molecule has 0 aliphatic heterocycles.